The quantitative estimate of drug-likeness (QED) is 0.158. The molecule has 236 valence electrons. The van der Waals surface area contributed by atoms with Gasteiger partial charge in [-0.25, -0.2) is 8.78 Å². The van der Waals surface area contributed by atoms with Crippen molar-refractivity contribution in [2.75, 3.05) is 31.3 Å². The summed E-state index contributed by atoms with van der Waals surface area (Å²) in [7, 11) is -1.96. The molecule has 3 rings (SSSR count). The minimum absolute atomic E-state index is 0.0345. The molecular weight excluding hydrogens is 593 g/mol. The number of ether oxygens (including phenoxy) is 2. The van der Waals surface area contributed by atoms with Crippen molar-refractivity contribution in [1.29, 1.82) is 0 Å². The highest BCUT2D eigenvalue weighted by Crippen LogP contribution is 2.49. The van der Waals surface area contributed by atoms with Gasteiger partial charge in [0.1, 0.15) is 23.9 Å². The van der Waals surface area contributed by atoms with Crippen LogP contribution in [0.1, 0.15) is 62.5 Å². The van der Waals surface area contributed by atoms with Crippen LogP contribution in [-0.4, -0.2) is 63.8 Å². The number of phenolic OH excluding ortho intramolecular Hbond substituents is 2. The van der Waals surface area contributed by atoms with Crippen molar-refractivity contribution in [3.63, 3.8) is 0 Å². The summed E-state index contributed by atoms with van der Waals surface area (Å²) in [5.74, 6) is -8.57. The van der Waals surface area contributed by atoms with E-state index >= 15 is 0 Å². The zero-order chi connectivity index (χ0) is 31.2. The van der Waals surface area contributed by atoms with Crippen molar-refractivity contribution < 1.29 is 54.6 Å². The van der Waals surface area contributed by atoms with E-state index in [2.05, 4.69) is 0 Å². The van der Waals surface area contributed by atoms with Gasteiger partial charge in [-0.05, 0) is 48.6 Å². The first-order valence-corrected chi connectivity index (χ1v) is 15.0. The summed E-state index contributed by atoms with van der Waals surface area (Å²) in [5.41, 5.74) is 1.38. The molecule has 1 aliphatic heterocycles. The Morgan fingerprint density at radius 1 is 0.929 bits per heavy atom. The van der Waals surface area contributed by atoms with Gasteiger partial charge in [0.25, 0.3) is 5.92 Å². The van der Waals surface area contributed by atoms with Crippen molar-refractivity contribution in [3.05, 3.63) is 53.6 Å². The lowest BCUT2D eigenvalue weighted by Gasteiger charge is -2.43. The standard InChI is InChI=1S/C29H35F7O5S/c1-26(20-6-8-21(37)9-7-20)18-41-25-17-22(38)10-11-23(25)24(26)5-2-3-14-40-19-27(30,31)13-16-42(39)15-4-12-28(32,33)29(34,35)36/h6-11,17,24,37-38H,2-5,12-16,18-19H2,1H3/t24-,26?,42?/m1/s1. The van der Waals surface area contributed by atoms with E-state index in [1.165, 1.54) is 0 Å². The van der Waals surface area contributed by atoms with Crippen LogP contribution in [0.15, 0.2) is 42.5 Å². The average molecular weight is 629 g/mol. The SMILES string of the molecule is CC1(c2ccc(O)cc2)COc2cc(O)ccc2[C@H]1CCCCOCC(F)(F)CCS(=O)CCCC(F)(F)C(F)(F)F. The van der Waals surface area contributed by atoms with Gasteiger partial charge >= 0.3 is 12.1 Å². The van der Waals surface area contributed by atoms with Crippen LogP contribution >= 0.6 is 0 Å². The molecule has 0 aliphatic carbocycles. The van der Waals surface area contributed by atoms with E-state index in [1.54, 1.807) is 30.3 Å². The van der Waals surface area contributed by atoms with Crippen LogP contribution in [0.3, 0.4) is 0 Å². The molecule has 0 saturated carbocycles. The first-order chi connectivity index (χ1) is 19.5. The van der Waals surface area contributed by atoms with Gasteiger partial charge in [0.05, 0.1) is 6.61 Å². The summed E-state index contributed by atoms with van der Waals surface area (Å²) >= 11 is 0. The number of hydrogen-bond acceptors (Lipinski definition) is 5. The molecule has 0 spiro atoms. The molecule has 1 heterocycles. The summed E-state index contributed by atoms with van der Waals surface area (Å²) in [6.07, 6.45) is -7.05. The van der Waals surface area contributed by atoms with Crippen molar-refractivity contribution in [2.45, 2.75) is 74.8 Å². The molecule has 0 saturated heterocycles. The molecule has 0 bridgehead atoms. The van der Waals surface area contributed by atoms with Crippen molar-refractivity contribution >= 4 is 10.8 Å². The van der Waals surface area contributed by atoms with Crippen molar-refractivity contribution in [2.24, 2.45) is 0 Å². The van der Waals surface area contributed by atoms with Crippen LogP contribution in [0.25, 0.3) is 0 Å². The maximum Gasteiger partial charge on any atom is 0.453 e. The molecule has 1 aliphatic rings. The normalized spacial score (nSPS) is 20.1. The predicted octanol–water partition coefficient (Wildman–Crippen LogP) is 7.47. The number of fused-ring (bicyclic) bond motifs is 1. The highest BCUT2D eigenvalue weighted by atomic mass is 32.2. The number of benzene rings is 2. The van der Waals surface area contributed by atoms with Gasteiger partial charge in [0.2, 0.25) is 0 Å². The van der Waals surface area contributed by atoms with Crippen molar-refractivity contribution in [3.8, 4) is 17.2 Å². The second-order valence-corrected chi connectivity index (χ2v) is 12.5. The number of alkyl halides is 7. The first-order valence-electron chi connectivity index (χ1n) is 13.5. The minimum atomic E-state index is -5.70. The van der Waals surface area contributed by atoms with Gasteiger partial charge in [-0.3, -0.25) is 4.21 Å². The third kappa shape index (κ3) is 8.98. The van der Waals surface area contributed by atoms with Gasteiger partial charge in [-0.2, -0.15) is 22.0 Å². The highest BCUT2D eigenvalue weighted by Gasteiger charge is 2.56. The van der Waals surface area contributed by atoms with Gasteiger partial charge in [0, 0.05) is 59.2 Å². The Morgan fingerprint density at radius 2 is 1.60 bits per heavy atom. The van der Waals surface area contributed by atoms with E-state index < -0.39 is 71.6 Å². The fourth-order valence-electron chi connectivity index (χ4n) is 5.02. The van der Waals surface area contributed by atoms with E-state index in [0.29, 0.717) is 31.6 Å². The number of rotatable bonds is 15. The van der Waals surface area contributed by atoms with Gasteiger partial charge in [0.15, 0.2) is 0 Å². The Morgan fingerprint density at radius 3 is 2.26 bits per heavy atom. The Labute approximate surface area is 242 Å². The molecule has 0 fully saturated rings. The zero-order valence-corrected chi connectivity index (χ0v) is 23.9. The topological polar surface area (TPSA) is 76.0 Å². The number of unbranched alkanes of at least 4 members (excludes halogenated alkanes) is 1. The van der Waals surface area contributed by atoms with Gasteiger partial charge < -0.3 is 19.7 Å². The maximum absolute atomic E-state index is 14.2. The second-order valence-electron chi connectivity index (χ2n) is 10.8. The fourth-order valence-corrected chi connectivity index (χ4v) is 6.21. The molecule has 3 atom stereocenters. The van der Waals surface area contributed by atoms with E-state index in [9.17, 15) is 45.2 Å². The molecule has 2 N–H and O–H groups in total. The smallest absolute Gasteiger partial charge is 0.453 e. The van der Waals surface area contributed by atoms with E-state index in [1.807, 2.05) is 19.1 Å². The molecular formula is C29H35F7O5S. The summed E-state index contributed by atoms with van der Waals surface area (Å²) in [4.78, 5) is 0. The summed E-state index contributed by atoms with van der Waals surface area (Å²) < 4.78 is 114. The lowest BCUT2D eigenvalue weighted by molar-refractivity contribution is -0.284. The molecule has 2 aromatic rings. The summed E-state index contributed by atoms with van der Waals surface area (Å²) in [6.45, 7) is 1.48. The van der Waals surface area contributed by atoms with Crippen LogP contribution in [0.4, 0.5) is 30.7 Å². The van der Waals surface area contributed by atoms with Crippen LogP contribution < -0.4 is 4.74 Å². The zero-order valence-electron chi connectivity index (χ0n) is 23.1. The molecule has 2 aromatic carbocycles. The van der Waals surface area contributed by atoms with E-state index in [-0.39, 0.29) is 24.0 Å². The number of halogens is 7. The Balaban J connectivity index is 1.45. The lowest BCUT2D eigenvalue weighted by Crippen LogP contribution is -2.40. The number of phenols is 2. The van der Waals surface area contributed by atoms with E-state index in [4.69, 9.17) is 9.47 Å². The molecule has 0 amide bonds. The number of aromatic hydroxyl groups is 2. The van der Waals surface area contributed by atoms with Gasteiger partial charge in [-0.15, -0.1) is 0 Å². The molecule has 13 heteroatoms. The number of hydrogen-bond donors (Lipinski definition) is 2. The molecule has 2 unspecified atom stereocenters. The fraction of sp³-hybridized carbons (Fsp3) is 0.586. The minimum Gasteiger partial charge on any atom is -0.508 e. The molecule has 0 radical (unpaired) electrons. The maximum atomic E-state index is 14.2. The molecule has 5 nitrogen and oxygen atoms in total. The second kappa shape index (κ2) is 13.8. The van der Waals surface area contributed by atoms with Gasteiger partial charge in [-0.1, -0.05) is 31.5 Å². The monoisotopic (exact) mass is 628 g/mol. The predicted molar refractivity (Wildman–Crippen MR) is 144 cm³/mol. The van der Waals surface area contributed by atoms with Crippen LogP contribution in [-0.2, 0) is 21.0 Å². The highest BCUT2D eigenvalue weighted by molar-refractivity contribution is 7.84. The Kier molecular flexibility index (Phi) is 11.2. The van der Waals surface area contributed by atoms with Crippen molar-refractivity contribution in [1.82, 2.24) is 0 Å². The van der Waals surface area contributed by atoms with Crippen LogP contribution in [0.2, 0.25) is 0 Å². The third-order valence-electron chi connectivity index (χ3n) is 7.51. The third-order valence-corrected chi connectivity index (χ3v) is 8.92. The Hall–Kier alpha value is -2.54. The van der Waals surface area contributed by atoms with Crippen LogP contribution in [0, 0.1) is 0 Å². The lowest BCUT2D eigenvalue weighted by atomic mass is 9.66. The first kappa shape index (κ1) is 34.0. The van der Waals surface area contributed by atoms with Crippen LogP contribution in [0.5, 0.6) is 17.2 Å². The molecule has 42 heavy (non-hydrogen) atoms. The Bertz CT molecular complexity index is 1190. The summed E-state index contributed by atoms with van der Waals surface area (Å²) in [6, 6.07) is 11.8. The van der Waals surface area contributed by atoms with E-state index in [0.717, 1.165) is 11.1 Å². The largest absolute Gasteiger partial charge is 0.508 e. The summed E-state index contributed by atoms with van der Waals surface area (Å²) in [5, 5.41) is 19.6. The average Bonchev–Trinajstić information content (AvgIpc) is 2.90. The molecule has 0 aromatic heterocycles.